The number of aryl methyl sites for hydroxylation is 1. The molecule has 0 aliphatic heterocycles. The Morgan fingerprint density at radius 1 is 1.09 bits per heavy atom. The number of rotatable bonds is 5. The zero-order valence-corrected chi connectivity index (χ0v) is 12.6. The molecule has 114 valence electrons. The number of nitrogens with one attached hydrogen (secondary N) is 1. The van der Waals surface area contributed by atoms with E-state index in [4.69, 9.17) is 14.5 Å². The van der Waals surface area contributed by atoms with Gasteiger partial charge in [-0.25, -0.2) is 9.97 Å². The highest BCUT2D eigenvalue weighted by Crippen LogP contribution is 2.41. The van der Waals surface area contributed by atoms with E-state index in [0.29, 0.717) is 18.4 Å². The van der Waals surface area contributed by atoms with Crippen LogP contribution in [0, 0.1) is 0 Å². The summed E-state index contributed by atoms with van der Waals surface area (Å²) in [5.41, 5.74) is 3.69. The van der Waals surface area contributed by atoms with Crippen LogP contribution in [0.5, 0.6) is 0 Å². The number of fused-ring (bicyclic) bond motifs is 1. The van der Waals surface area contributed by atoms with Gasteiger partial charge in [0, 0.05) is 29.2 Å². The summed E-state index contributed by atoms with van der Waals surface area (Å²) in [7, 11) is 0. The Hall–Kier alpha value is -1.91. The fourth-order valence-corrected chi connectivity index (χ4v) is 3.28. The van der Waals surface area contributed by atoms with Crippen LogP contribution in [0.4, 0.5) is 5.82 Å². The largest absolute Gasteiger partial charge is 0.362 e. The Morgan fingerprint density at radius 3 is 2.77 bits per heavy atom. The van der Waals surface area contributed by atoms with Gasteiger partial charge < -0.3 is 9.84 Å². The highest BCUT2D eigenvalue weighted by molar-refractivity contribution is 5.49. The minimum Gasteiger partial charge on any atom is -0.362 e. The summed E-state index contributed by atoms with van der Waals surface area (Å²) in [6.07, 6.45) is 8.37. The minimum atomic E-state index is 0.596. The van der Waals surface area contributed by atoms with E-state index in [1.54, 1.807) is 0 Å². The van der Waals surface area contributed by atoms with Gasteiger partial charge in [-0.3, -0.25) is 0 Å². The molecule has 3 aliphatic carbocycles. The second-order valence-electron chi connectivity index (χ2n) is 6.83. The van der Waals surface area contributed by atoms with Gasteiger partial charge in [0.05, 0.1) is 12.2 Å². The van der Waals surface area contributed by atoms with Crippen molar-refractivity contribution in [2.75, 3.05) is 5.32 Å². The van der Waals surface area contributed by atoms with Gasteiger partial charge in [-0.2, -0.15) is 0 Å². The molecule has 22 heavy (non-hydrogen) atoms. The van der Waals surface area contributed by atoms with E-state index in [2.05, 4.69) is 16.5 Å². The second kappa shape index (κ2) is 4.80. The van der Waals surface area contributed by atoms with Crippen LogP contribution in [0.15, 0.2) is 10.6 Å². The lowest BCUT2D eigenvalue weighted by atomic mass is 10.2. The molecule has 0 amide bonds. The summed E-state index contributed by atoms with van der Waals surface area (Å²) in [6.45, 7) is 0.660. The molecule has 2 aromatic rings. The quantitative estimate of drug-likeness (QED) is 0.917. The molecule has 0 atom stereocenters. The van der Waals surface area contributed by atoms with Crippen molar-refractivity contribution in [1.82, 2.24) is 15.1 Å². The molecule has 0 spiro atoms. The maximum Gasteiger partial charge on any atom is 0.156 e. The predicted molar refractivity (Wildman–Crippen MR) is 81.8 cm³/mol. The predicted octanol–water partition coefficient (Wildman–Crippen LogP) is 3.32. The molecule has 0 unspecified atom stereocenters. The van der Waals surface area contributed by atoms with Crippen molar-refractivity contribution in [3.05, 3.63) is 34.6 Å². The standard InChI is InChI=1S/C17H20N4O/c1-2-13-14(3-1)19-16(11-6-7-11)20-17(13)18-9-12-8-15(21-22-12)10-4-5-10/h8,10-11H,1-7,9H2,(H,18,19,20). The zero-order chi connectivity index (χ0) is 14.5. The molecule has 2 fully saturated rings. The summed E-state index contributed by atoms with van der Waals surface area (Å²) >= 11 is 0. The lowest BCUT2D eigenvalue weighted by Crippen LogP contribution is -2.08. The summed E-state index contributed by atoms with van der Waals surface area (Å²) in [4.78, 5) is 9.57. The molecule has 3 aliphatic rings. The van der Waals surface area contributed by atoms with Gasteiger partial charge in [0.25, 0.3) is 0 Å². The van der Waals surface area contributed by atoms with E-state index < -0.39 is 0 Å². The van der Waals surface area contributed by atoms with Gasteiger partial charge in [0.2, 0.25) is 0 Å². The van der Waals surface area contributed by atoms with Crippen molar-refractivity contribution in [1.29, 1.82) is 0 Å². The number of hydrogen-bond acceptors (Lipinski definition) is 5. The first-order valence-electron chi connectivity index (χ1n) is 8.46. The molecule has 2 heterocycles. The van der Waals surface area contributed by atoms with Crippen molar-refractivity contribution < 1.29 is 4.52 Å². The summed E-state index contributed by atoms with van der Waals surface area (Å²) in [5, 5.41) is 7.64. The second-order valence-corrected chi connectivity index (χ2v) is 6.83. The number of aromatic nitrogens is 3. The Morgan fingerprint density at radius 2 is 1.95 bits per heavy atom. The molecule has 0 saturated heterocycles. The van der Waals surface area contributed by atoms with Crippen LogP contribution >= 0.6 is 0 Å². The Labute approximate surface area is 129 Å². The maximum absolute atomic E-state index is 5.44. The van der Waals surface area contributed by atoms with E-state index in [-0.39, 0.29) is 0 Å². The molecule has 0 bridgehead atoms. The maximum atomic E-state index is 5.44. The van der Waals surface area contributed by atoms with Crippen molar-refractivity contribution in [2.24, 2.45) is 0 Å². The first-order chi connectivity index (χ1) is 10.9. The van der Waals surface area contributed by atoms with Gasteiger partial charge in [-0.1, -0.05) is 5.16 Å². The number of hydrogen-bond donors (Lipinski definition) is 1. The number of anilines is 1. The van der Waals surface area contributed by atoms with Gasteiger partial charge >= 0.3 is 0 Å². The fraction of sp³-hybridized carbons (Fsp3) is 0.588. The summed E-state index contributed by atoms with van der Waals surface area (Å²) < 4.78 is 5.44. The van der Waals surface area contributed by atoms with Gasteiger partial charge in [0.1, 0.15) is 11.6 Å². The molecule has 2 aromatic heterocycles. The van der Waals surface area contributed by atoms with Crippen LogP contribution in [0.1, 0.15) is 72.5 Å². The molecular weight excluding hydrogens is 276 g/mol. The van der Waals surface area contributed by atoms with Crippen molar-refractivity contribution in [2.45, 2.75) is 63.3 Å². The van der Waals surface area contributed by atoms with Crippen LogP contribution in [-0.2, 0) is 19.4 Å². The first kappa shape index (κ1) is 12.6. The minimum absolute atomic E-state index is 0.596. The number of nitrogens with zero attached hydrogens (tertiary/aromatic N) is 3. The smallest absolute Gasteiger partial charge is 0.156 e. The van der Waals surface area contributed by atoms with Crippen molar-refractivity contribution >= 4 is 5.82 Å². The third-order valence-electron chi connectivity index (χ3n) is 4.90. The van der Waals surface area contributed by atoms with Crippen LogP contribution in [0.3, 0.4) is 0 Å². The van der Waals surface area contributed by atoms with Gasteiger partial charge in [0.15, 0.2) is 5.76 Å². The molecule has 5 rings (SSSR count). The molecule has 0 aromatic carbocycles. The molecule has 5 heteroatoms. The lowest BCUT2D eigenvalue weighted by molar-refractivity contribution is 0.381. The van der Waals surface area contributed by atoms with Gasteiger partial charge in [-0.15, -0.1) is 0 Å². The molecule has 0 radical (unpaired) electrons. The van der Waals surface area contributed by atoms with E-state index in [1.807, 2.05) is 0 Å². The average molecular weight is 296 g/mol. The SMILES string of the molecule is c1c(C2CC2)noc1CNc1nc(C2CC2)nc2c1CCC2. The van der Waals surface area contributed by atoms with Crippen LogP contribution in [0.2, 0.25) is 0 Å². The Kier molecular flexibility index (Phi) is 2.75. The summed E-state index contributed by atoms with van der Waals surface area (Å²) in [5.74, 6) is 4.20. The highest BCUT2D eigenvalue weighted by Gasteiger charge is 2.30. The monoisotopic (exact) mass is 296 g/mol. The third kappa shape index (κ3) is 2.28. The Bertz CT molecular complexity index is 715. The van der Waals surface area contributed by atoms with E-state index in [0.717, 1.165) is 35.9 Å². The zero-order valence-electron chi connectivity index (χ0n) is 12.6. The van der Waals surface area contributed by atoms with E-state index in [1.165, 1.54) is 43.4 Å². The highest BCUT2D eigenvalue weighted by atomic mass is 16.5. The third-order valence-corrected chi connectivity index (χ3v) is 4.90. The van der Waals surface area contributed by atoms with E-state index >= 15 is 0 Å². The molecule has 5 nitrogen and oxygen atoms in total. The van der Waals surface area contributed by atoms with Crippen LogP contribution in [-0.4, -0.2) is 15.1 Å². The normalized spacial score (nSPS) is 20.2. The van der Waals surface area contributed by atoms with Gasteiger partial charge in [-0.05, 0) is 44.9 Å². The molecular formula is C17H20N4O. The van der Waals surface area contributed by atoms with Crippen molar-refractivity contribution in [3.8, 4) is 0 Å². The van der Waals surface area contributed by atoms with Crippen LogP contribution < -0.4 is 5.32 Å². The first-order valence-corrected chi connectivity index (χ1v) is 8.46. The molecule has 1 N–H and O–H groups in total. The lowest BCUT2D eigenvalue weighted by Gasteiger charge is -2.10. The summed E-state index contributed by atoms with van der Waals surface area (Å²) in [6, 6.07) is 2.09. The van der Waals surface area contributed by atoms with Crippen LogP contribution in [0.25, 0.3) is 0 Å². The van der Waals surface area contributed by atoms with Crippen molar-refractivity contribution in [3.63, 3.8) is 0 Å². The Balaban J connectivity index is 1.37. The molecule has 2 saturated carbocycles. The fourth-order valence-electron chi connectivity index (χ4n) is 3.28. The van der Waals surface area contributed by atoms with E-state index in [9.17, 15) is 0 Å². The average Bonchev–Trinajstić information content (AvgIpc) is 3.46. The topological polar surface area (TPSA) is 63.8 Å².